The van der Waals surface area contributed by atoms with E-state index in [0.717, 1.165) is 11.4 Å². The molecule has 2 aromatic carbocycles. The Morgan fingerprint density at radius 3 is 2.17 bits per heavy atom. The van der Waals surface area contributed by atoms with Crippen molar-refractivity contribution in [2.75, 3.05) is 26.6 Å². The molecule has 0 saturated heterocycles. The van der Waals surface area contributed by atoms with E-state index in [2.05, 4.69) is 5.32 Å². The fourth-order valence-corrected chi connectivity index (χ4v) is 2.42. The first-order valence-electron chi connectivity index (χ1n) is 7.26. The summed E-state index contributed by atoms with van der Waals surface area (Å²) in [6.45, 7) is 0. The van der Waals surface area contributed by atoms with Gasteiger partial charge in [0, 0.05) is 11.8 Å². The molecule has 1 heterocycles. The highest BCUT2D eigenvalue weighted by Gasteiger charge is 2.15. The summed E-state index contributed by atoms with van der Waals surface area (Å²) in [5.74, 6) is 1.95. The SMILES string of the molecule is COc1ccc(Nc2cc(=O)c3c(OC)ccc(OC)c3o2)cc1. The monoisotopic (exact) mass is 327 g/mol. The molecule has 0 aliphatic carbocycles. The lowest BCUT2D eigenvalue weighted by molar-refractivity contribution is 0.402. The minimum Gasteiger partial charge on any atom is -0.497 e. The Morgan fingerprint density at radius 1 is 0.875 bits per heavy atom. The van der Waals surface area contributed by atoms with Gasteiger partial charge < -0.3 is 23.9 Å². The van der Waals surface area contributed by atoms with Gasteiger partial charge in [-0.05, 0) is 36.4 Å². The smallest absolute Gasteiger partial charge is 0.202 e. The van der Waals surface area contributed by atoms with Crippen LogP contribution in [0.15, 0.2) is 51.7 Å². The first-order chi connectivity index (χ1) is 11.7. The zero-order chi connectivity index (χ0) is 17.1. The standard InChI is InChI=1S/C18H17NO5/c1-21-12-6-4-11(5-7-12)19-16-10-13(20)17-14(22-2)8-9-15(23-3)18(17)24-16/h4-10,19H,1-3H3. The third kappa shape index (κ3) is 2.86. The van der Waals surface area contributed by atoms with Crippen LogP contribution in [0, 0.1) is 0 Å². The predicted molar refractivity (Wildman–Crippen MR) is 91.9 cm³/mol. The number of fused-ring (bicyclic) bond motifs is 1. The van der Waals surface area contributed by atoms with Gasteiger partial charge in [-0.15, -0.1) is 0 Å². The van der Waals surface area contributed by atoms with Crippen molar-refractivity contribution in [3.8, 4) is 17.2 Å². The van der Waals surface area contributed by atoms with Gasteiger partial charge in [0.2, 0.25) is 5.88 Å². The number of methoxy groups -OCH3 is 3. The molecule has 6 nitrogen and oxygen atoms in total. The van der Waals surface area contributed by atoms with Gasteiger partial charge in [0.15, 0.2) is 16.8 Å². The molecule has 0 aliphatic rings. The van der Waals surface area contributed by atoms with Crippen LogP contribution in [-0.4, -0.2) is 21.3 Å². The quantitative estimate of drug-likeness (QED) is 0.772. The second kappa shape index (κ2) is 6.54. The molecule has 0 atom stereocenters. The highest BCUT2D eigenvalue weighted by molar-refractivity contribution is 5.89. The van der Waals surface area contributed by atoms with E-state index in [1.165, 1.54) is 20.3 Å². The van der Waals surface area contributed by atoms with E-state index >= 15 is 0 Å². The van der Waals surface area contributed by atoms with Crippen molar-refractivity contribution in [2.45, 2.75) is 0 Å². The summed E-state index contributed by atoms with van der Waals surface area (Å²) in [4.78, 5) is 12.5. The third-order valence-electron chi connectivity index (χ3n) is 3.60. The van der Waals surface area contributed by atoms with Crippen LogP contribution in [0.1, 0.15) is 0 Å². The van der Waals surface area contributed by atoms with Crippen molar-refractivity contribution in [3.63, 3.8) is 0 Å². The zero-order valence-electron chi connectivity index (χ0n) is 13.6. The number of anilines is 2. The Morgan fingerprint density at radius 2 is 1.54 bits per heavy atom. The van der Waals surface area contributed by atoms with Crippen LogP contribution < -0.4 is 25.0 Å². The lowest BCUT2D eigenvalue weighted by atomic mass is 10.2. The Balaban J connectivity index is 2.07. The van der Waals surface area contributed by atoms with Crippen molar-refractivity contribution in [2.24, 2.45) is 0 Å². The molecule has 0 aliphatic heterocycles. The van der Waals surface area contributed by atoms with Crippen LogP contribution >= 0.6 is 0 Å². The maximum atomic E-state index is 12.5. The molecule has 0 fully saturated rings. The Bertz CT molecular complexity index is 915. The first-order valence-corrected chi connectivity index (χ1v) is 7.26. The molecule has 3 rings (SSSR count). The second-order valence-electron chi connectivity index (χ2n) is 5.00. The van der Waals surface area contributed by atoms with Crippen molar-refractivity contribution >= 4 is 22.5 Å². The maximum Gasteiger partial charge on any atom is 0.202 e. The fraction of sp³-hybridized carbons (Fsp3) is 0.167. The first kappa shape index (κ1) is 15.7. The summed E-state index contributed by atoms with van der Waals surface area (Å²) < 4.78 is 21.5. The lowest BCUT2D eigenvalue weighted by Gasteiger charge is -2.11. The van der Waals surface area contributed by atoms with Crippen molar-refractivity contribution in [1.82, 2.24) is 0 Å². The maximum absolute atomic E-state index is 12.5. The summed E-state index contributed by atoms with van der Waals surface area (Å²) in [6.07, 6.45) is 0. The number of ether oxygens (including phenoxy) is 3. The number of nitrogens with one attached hydrogen (secondary N) is 1. The van der Waals surface area contributed by atoms with Gasteiger partial charge in [0.1, 0.15) is 16.9 Å². The number of rotatable bonds is 5. The average Bonchev–Trinajstić information content (AvgIpc) is 2.61. The summed E-state index contributed by atoms with van der Waals surface area (Å²) in [5.41, 5.74) is 0.878. The normalized spacial score (nSPS) is 10.5. The topological polar surface area (TPSA) is 69.9 Å². The molecular formula is C18H17NO5. The van der Waals surface area contributed by atoms with E-state index in [1.807, 2.05) is 24.3 Å². The Hall–Kier alpha value is -3.15. The van der Waals surface area contributed by atoms with E-state index in [0.29, 0.717) is 28.4 Å². The van der Waals surface area contributed by atoms with Gasteiger partial charge in [0.25, 0.3) is 0 Å². The van der Waals surface area contributed by atoms with E-state index in [9.17, 15) is 4.79 Å². The van der Waals surface area contributed by atoms with Gasteiger partial charge in [-0.25, -0.2) is 0 Å². The number of hydrogen-bond acceptors (Lipinski definition) is 6. The molecule has 0 radical (unpaired) electrons. The number of hydrogen-bond donors (Lipinski definition) is 1. The Labute approximate surface area is 138 Å². The lowest BCUT2D eigenvalue weighted by Crippen LogP contribution is -2.05. The van der Waals surface area contributed by atoms with Crippen LogP contribution in [0.2, 0.25) is 0 Å². The van der Waals surface area contributed by atoms with Crippen molar-refractivity contribution < 1.29 is 18.6 Å². The van der Waals surface area contributed by atoms with Gasteiger partial charge in [0.05, 0.1) is 21.3 Å². The van der Waals surface area contributed by atoms with E-state index in [-0.39, 0.29) is 5.43 Å². The van der Waals surface area contributed by atoms with Crippen LogP contribution in [0.4, 0.5) is 11.6 Å². The van der Waals surface area contributed by atoms with Crippen LogP contribution in [0.3, 0.4) is 0 Å². The molecule has 1 aromatic heterocycles. The molecule has 24 heavy (non-hydrogen) atoms. The molecule has 6 heteroatoms. The molecule has 0 saturated carbocycles. The predicted octanol–water partition coefficient (Wildman–Crippen LogP) is 3.56. The Kier molecular flexibility index (Phi) is 4.29. The molecule has 0 bridgehead atoms. The summed E-state index contributed by atoms with van der Waals surface area (Å²) >= 11 is 0. The van der Waals surface area contributed by atoms with Crippen LogP contribution in [-0.2, 0) is 0 Å². The van der Waals surface area contributed by atoms with Crippen molar-refractivity contribution in [1.29, 1.82) is 0 Å². The molecule has 0 amide bonds. The summed E-state index contributed by atoms with van der Waals surface area (Å²) in [7, 11) is 4.62. The molecule has 0 spiro atoms. The molecule has 1 N–H and O–H groups in total. The largest absolute Gasteiger partial charge is 0.497 e. The highest BCUT2D eigenvalue weighted by atomic mass is 16.5. The fourth-order valence-electron chi connectivity index (χ4n) is 2.42. The van der Waals surface area contributed by atoms with Crippen LogP contribution in [0.5, 0.6) is 17.2 Å². The summed E-state index contributed by atoms with van der Waals surface area (Å²) in [6, 6.07) is 12.0. The average molecular weight is 327 g/mol. The molecule has 124 valence electrons. The molecule has 0 unspecified atom stereocenters. The van der Waals surface area contributed by atoms with Gasteiger partial charge in [-0.3, -0.25) is 4.79 Å². The van der Waals surface area contributed by atoms with Gasteiger partial charge in [-0.2, -0.15) is 0 Å². The summed E-state index contributed by atoms with van der Waals surface area (Å²) in [5, 5.41) is 3.40. The van der Waals surface area contributed by atoms with Crippen LogP contribution in [0.25, 0.3) is 11.0 Å². The van der Waals surface area contributed by atoms with Crippen molar-refractivity contribution in [3.05, 3.63) is 52.7 Å². The molecule has 3 aromatic rings. The molecular weight excluding hydrogens is 310 g/mol. The van der Waals surface area contributed by atoms with E-state index in [1.54, 1.807) is 19.2 Å². The highest BCUT2D eigenvalue weighted by Crippen LogP contribution is 2.33. The van der Waals surface area contributed by atoms with E-state index in [4.69, 9.17) is 18.6 Å². The minimum atomic E-state index is -0.219. The van der Waals surface area contributed by atoms with Gasteiger partial charge in [-0.1, -0.05) is 0 Å². The number of benzene rings is 2. The van der Waals surface area contributed by atoms with E-state index < -0.39 is 0 Å². The zero-order valence-corrected chi connectivity index (χ0v) is 13.6. The van der Waals surface area contributed by atoms with Gasteiger partial charge >= 0.3 is 0 Å². The minimum absolute atomic E-state index is 0.219. The third-order valence-corrected chi connectivity index (χ3v) is 3.60. The second-order valence-corrected chi connectivity index (χ2v) is 5.00.